The van der Waals surface area contributed by atoms with Crippen molar-refractivity contribution in [2.24, 2.45) is 0 Å². The molecule has 0 bridgehead atoms. The number of benzene rings is 2. The summed E-state index contributed by atoms with van der Waals surface area (Å²) < 4.78 is 10.5. The molecular weight excluding hydrogens is 490 g/mol. The van der Waals surface area contributed by atoms with E-state index in [1.807, 2.05) is 37.3 Å². The molecule has 0 atom stereocenters. The minimum atomic E-state index is -0.372. The molecule has 0 spiro atoms. The van der Waals surface area contributed by atoms with Gasteiger partial charge in [-0.2, -0.15) is 4.98 Å². The Bertz CT molecular complexity index is 1250. The van der Waals surface area contributed by atoms with Gasteiger partial charge in [-0.05, 0) is 75.8 Å². The first-order valence-corrected chi connectivity index (χ1v) is 12.5. The van der Waals surface area contributed by atoms with Crippen molar-refractivity contribution >= 4 is 41.1 Å². The highest BCUT2D eigenvalue weighted by atomic mass is 35.5. The summed E-state index contributed by atoms with van der Waals surface area (Å²) in [6.07, 6.45) is 5.89. The monoisotopic (exact) mass is 523 g/mol. The molecule has 2 N–H and O–H groups in total. The summed E-state index contributed by atoms with van der Waals surface area (Å²) >= 11 is 6.26. The van der Waals surface area contributed by atoms with E-state index in [1.54, 1.807) is 32.4 Å². The van der Waals surface area contributed by atoms with E-state index >= 15 is 0 Å². The second-order valence-corrected chi connectivity index (χ2v) is 9.08. The molecule has 3 aromatic rings. The van der Waals surface area contributed by atoms with Crippen LogP contribution in [0.25, 0.3) is 17.2 Å². The van der Waals surface area contributed by atoms with Gasteiger partial charge >= 0.3 is 5.97 Å². The molecule has 0 radical (unpaired) electrons. The zero-order chi connectivity index (χ0) is 26.8. The van der Waals surface area contributed by atoms with Crippen LogP contribution in [-0.4, -0.2) is 61.7 Å². The summed E-state index contributed by atoms with van der Waals surface area (Å²) in [6.45, 7) is 5.74. The molecule has 0 aliphatic heterocycles. The molecule has 1 aromatic heterocycles. The molecule has 37 heavy (non-hydrogen) atoms. The first-order valence-electron chi connectivity index (χ1n) is 12.1. The largest absolute Gasteiger partial charge is 0.495 e. The SMILES string of the molecule is CCOC(=O)/C=C/c1cccc(-c2cnc(Nc3cc(C)c(Cl)cc3OC)nc2NCCCN(C)C)c1. The van der Waals surface area contributed by atoms with E-state index in [-0.39, 0.29) is 5.97 Å². The van der Waals surface area contributed by atoms with E-state index in [0.717, 1.165) is 47.5 Å². The number of hydrogen-bond acceptors (Lipinski definition) is 8. The third-order valence-electron chi connectivity index (χ3n) is 5.49. The quantitative estimate of drug-likeness (QED) is 0.175. The third kappa shape index (κ3) is 8.20. The van der Waals surface area contributed by atoms with Gasteiger partial charge in [-0.1, -0.05) is 29.8 Å². The number of hydrogen-bond donors (Lipinski definition) is 2. The van der Waals surface area contributed by atoms with E-state index in [0.29, 0.717) is 29.1 Å². The number of ether oxygens (including phenoxy) is 2. The lowest BCUT2D eigenvalue weighted by Gasteiger charge is -2.16. The molecule has 9 heteroatoms. The number of methoxy groups -OCH3 is 1. The van der Waals surface area contributed by atoms with Crippen molar-refractivity contribution < 1.29 is 14.3 Å². The van der Waals surface area contributed by atoms with Gasteiger partial charge in [-0.3, -0.25) is 0 Å². The van der Waals surface area contributed by atoms with E-state index in [4.69, 9.17) is 26.1 Å². The second-order valence-electron chi connectivity index (χ2n) is 8.68. The summed E-state index contributed by atoms with van der Waals surface area (Å²) in [5.41, 5.74) is 4.28. The lowest BCUT2D eigenvalue weighted by Crippen LogP contribution is -2.17. The topological polar surface area (TPSA) is 88.6 Å². The Morgan fingerprint density at radius 3 is 2.76 bits per heavy atom. The van der Waals surface area contributed by atoms with Crippen LogP contribution in [0.3, 0.4) is 0 Å². The van der Waals surface area contributed by atoms with E-state index < -0.39 is 0 Å². The van der Waals surface area contributed by atoms with Crippen molar-refractivity contribution in [2.75, 3.05) is 51.5 Å². The highest BCUT2D eigenvalue weighted by Crippen LogP contribution is 2.34. The number of anilines is 3. The first kappa shape index (κ1) is 28.0. The smallest absolute Gasteiger partial charge is 0.330 e. The normalized spacial score (nSPS) is 11.1. The van der Waals surface area contributed by atoms with Gasteiger partial charge in [0.15, 0.2) is 0 Å². The zero-order valence-electron chi connectivity index (χ0n) is 22.0. The van der Waals surface area contributed by atoms with Gasteiger partial charge in [0, 0.05) is 35.5 Å². The summed E-state index contributed by atoms with van der Waals surface area (Å²) in [6, 6.07) is 11.5. The average molecular weight is 524 g/mol. The molecule has 3 rings (SSSR count). The van der Waals surface area contributed by atoms with Crippen LogP contribution in [0.15, 0.2) is 48.7 Å². The van der Waals surface area contributed by atoms with Crippen molar-refractivity contribution in [2.45, 2.75) is 20.3 Å². The fraction of sp³-hybridized carbons (Fsp3) is 0.321. The lowest BCUT2D eigenvalue weighted by atomic mass is 10.0. The minimum absolute atomic E-state index is 0.339. The van der Waals surface area contributed by atoms with Crippen LogP contribution in [0.5, 0.6) is 5.75 Å². The first-order chi connectivity index (χ1) is 17.8. The van der Waals surface area contributed by atoms with Gasteiger partial charge in [-0.15, -0.1) is 0 Å². The molecule has 1 heterocycles. The fourth-order valence-electron chi connectivity index (χ4n) is 3.60. The van der Waals surface area contributed by atoms with E-state index in [2.05, 4.69) is 34.6 Å². The molecule has 2 aromatic carbocycles. The van der Waals surface area contributed by atoms with E-state index in [9.17, 15) is 4.79 Å². The number of esters is 1. The summed E-state index contributed by atoms with van der Waals surface area (Å²) in [4.78, 5) is 23.2. The number of nitrogens with one attached hydrogen (secondary N) is 2. The Morgan fingerprint density at radius 1 is 1.22 bits per heavy atom. The number of halogens is 1. The molecule has 0 aliphatic rings. The van der Waals surface area contributed by atoms with E-state index in [1.165, 1.54) is 6.08 Å². The van der Waals surface area contributed by atoms with Crippen molar-refractivity contribution in [1.29, 1.82) is 0 Å². The van der Waals surface area contributed by atoms with Crippen molar-refractivity contribution in [3.05, 3.63) is 64.8 Å². The summed E-state index contributed by atoms with van der Waals surface area (Å²) in [5, 5.41) is 7.35. The molecule has 196 valence electrons. The lowest BCUT2D eigenvalue weighted by molar-refractivity contribution is -0.137. The third-order valence-corrected chi connectivity index (χ3v) is 5.89. The maximum atomic E-state index is 11.7. The fourth-order valence-corrected chi connectivity index (χ4v) is 3.76. The molecule has 0 fully saturated rings. The Balaban J connectivity index is 1.93. The Labute approximate surface area is 223 Å². The molecule has 0 amide bonds. The van der Waals surface area contributed by atoms with Crippen LogP contribution >= 0.6 is 11.6 Å². The number of nitrogens with zero attached hydrogens (tertiary/aromatic N) is 3. The average Bonchev–Trinajstić information content (AvgIpc) is 2.88. The van der Waals surface area contributed by atoms with Gasteiger partial charge in [0.05, 0.1) is 19.4 Å². The van der Waals surface area contributed by atoms with Gasteiger partial charge in [-0.25, -0.2) is 9.78 Å². The molecule has 0 saturated carbocycles. The molecule has 0 aliphatic carbocycles. The van der Waals surface area contributed by atoms with Gasteiger partial charge < -0.3 is 25.0 Å². The number of aryl methyl sites for hydroxylation is 1. The number of carbonyl (C=O) groups excluding carboxylic acids is 1. The zero-order valence-corrected chi connectivity index (χ0v) is 22.7. The number of aromatic nitrogens is 2. The predicted molar refractivity (Wildman–Crippen MR) is 151 cm³/mol. The van der Waals surface area contributed by atoms with Crippen LogP contribution in [0.1, 0.15) is 24.5 Å². The number of carbonyl (C=O) groups is 1. The van der Waals surface area contributed by atoms with Crippen LogP contribution in [0, 0.1) is 6.92 Å². The molecule has 0 unspecified atom stereocenters. The van der Waals surface area contributed by atoms with Crippen LogP contribution in [0.2, 0.25) is 5.02 Å². The molecule has 0 saturated heterocycles. The molecular formula is C28H34ClN5O3. The van der Waals surface area contributed by atoms with Crippen molar-refractivity contribution in [3.8, 4) is 16.9 Å². The van der Waals surface area contributed by atoms with Crippen LogP contribution in [0.4, 0.5) is 17.5 Å². The van der Waals surface area contributed by atoms with Crippen molar-refractivity contribution in [3.63, 3.8) is 0 Å². The Hall–Kier alpha value is -3.62. The highest BCUT2D eigenvalue weighted by molar-refractivity contribution is 6.31. The van der Waals surface area contributed by atoms with Crippen molar-refractivity contribution in [1.82, 2.24) is 14.9 Å². The Kier molecular flexibility index (Phi) is 10.3. The molecule has 8 nitrogen and oxygen atoms in total. The Morgan fingerprint density at radius 2 is 2.03 bits per heavy atom. The second kappa shape index (κ2) is 13.6. The summed E-state index contributed by atoms with van der Waals surface area (Å²) in [5.74, 6) is 1.36. The number of rotatable bonds is 12. The maximum Gasteiger partial charge on any atom is 0.330 e. The summed E-state index contributed by atoms with van der Waals surface area (Å²) in [7, 11) is 5.70. The highest BCUT2D eigenvalue weighted by Gasteiger charge is 2.13. The van der Waals surface area contributed by atoms with Crippen LogP contribution in [-0.2, 0) is 9.53 Å². The predicted octanol–water partition coefficient (Wildman–Crippen LogP) is 5.80. The standard InChI is InChI=1S/C28H34ClN5O3/c1-6-37-26(35)12-11-20-9-7-10-21(16-20)22-18-31-28(33-27(22)30-13-8-14-34(3)4)32-24-15-19(2)23(29)17-25(24)36-5/h7,9-12,15-18H,6,8,13-14H2,1-5H3,(H2,30,31,32,33)/b12-11+. The van der Waals surface area contributed by atoms with Crippen LogP contribution < -0.4 is 15.4 Å². The van der Waals surface area contributed by atoms with Gasteiger partial charge in [0.25, 0.3) is 0 Å². The van der Waals surface area contributed by atoms with Gasteiger partial charge in [0.1, 0.15) is 11.6 Å². The minimum Gasteiger partial charge on any atom is -0.495 e. The van der Waals surface area contributed by atoms with Gasteiger partial charge in [0.2, 0.25) is 5.95 Å². The maximum absolute atomic E-state index is 11.7.